The van der Waals surface area contributed by atoms with Crippen LogP contribution in [-0.2, 0) is 0 Å². The van der Waals surface area contributed by atoms with Crippen molar-refractivity contribution in [3.63, 3.8) is 0 Å². The summed E-state index contributed by atoms with van der Waals surface area (Å²) in [6.07, 6.45) is 3.59. The van der Waals surface area contributed by atoms with Crippen molar-refractivity contribution in [3.8, 4) is 11.3 Å². The average molecular weight is 229 g/mol. The summed E-state index contributed by atoms with van der Waals surface area (Å²) in [4.78, 5) is 7.43. The Morgan fingerprint density at radius 1 is 1.12 bits per heavy atom. The lowest BCUT2D eigenvalue weighted by atomic mass is 10.2. The van der Waals surface area contributed by atoms with Gasteiger partial charge in [0, 0.05) is 39.6 Å². The Bertz CT molecular complexity index is 629. The van der Waals surface area contributed by atoms with E-state index in [1.807, 2.05) is 36.5 Å². The molecule has 3 rings (SSSR count). The molecule has 2 heterocycles. The summed E-state index contributed by atoms with van der Waals surface area (Å²) in [6, 6.07) is 11.8. The highest BCUT2D eigenvalue weighted by Gasteiger charge is 2.05. The second kappa shape index (κ2) is 3.65. The van der Waals surface area contributed by atoms with Gasteiger partial charge in [0.1, 0.15) is 0 Å². The van der Waals surface area contributed by atoms with Gasteiger partial charge >= 0.3 is 0 Å². The number of aromatic amines is 1. The zero-order chi connectivity index (χ0) is 11.0. The normalized spacial score (nSPS) is 10.8. The molecule has 3 aromatic rings. The summed E-state index contributed by atoms with van der Waals surface area (Å²) in [5.74, 6) is 0. The van der Waals surface area contributed by atoms with Crippen LogP contribution in [-0.4, -0.2) is 9.97 Å². The van der Waals surface area contributed by atoms with Crippen LogP contribution in [0.4, 0.5) is 0 Å². The van der Waals surface area contributed by atoms with Gasteiger partial charge in [0.15, 0.2) is 0 Å². The standard InChI is InChI=1S/C13H9ClN2/c14-11-4-1-5-12-10(11)7-13(16-12)9-3-2-6-15-8-9/h1-8,16H. The molecule has 0 bridgehead atoms. The third-order valence-electron chi connectivity index (χ3n) is 2.58. The van der Waals surface area contributed by atoms with Gasteiger partial charge in [0.05, 0.1) is 0 Å². The van der Waals surface area contributed by atoms with E-state index in [4.69, 9.17) is 11.6 Å². The molecule has 0 aliphatic heterocycles. The summed E-state index contributed by atoms with van der Waals surface area (Å²) >= 11 is 6.12. The molecule has 2 nitrogen and oxygen atoms in total. The average Bonchev–Trinajstić information content (AvgIpc) is 2.76. The molecule has 3 heteroatoms. The molecule has 0 atom stereocenters. The maximum atomic E-state index is 6.12. The molecule has 0 unspecified atom stereocenters. The zero-order valence-electron chi connectivity index (χ0n) is 8.44. The van der Waals surface area contributed by atoms with Crippen molar-refractivity contribution in [3.05, 3.63) is 53.8 Å². The van der Waals surface area contributed by atoms with Crippen LogP contribution in [0.5, 0.6) is 0 Å². The minimum Gasteiger partial charge on any atom is -0.354 e. The lowest BCUT2D eigenvalue weighted by Crippen LogP contribution is -1.77. The van der Waals surface area contributed by atoms with Gasteiger partial charge in [-0.3, -0.25) is 4.98 Å². The van der Waals surface area contributed by atoms with Crippen LogP contribution >= 0.6 is 11.6 Å². The van der Waals surface area contributed by atoms with Gasteiger partial charge in [-0.05, 0) is 30.3 Å². The van der Waals surface area contributed by atoms with Gasteiger partial charge in [-0.2, -0.15) is 0 Å². The smallest absolute Gasteiger partial charge is 0.0500 e. The second-order valence-corrected chi connectivity index (χ2v) is 4.03. The van der Waals surface area contributed by atoms with Crippen molar-refractivity contribution in [1.29, 1.82) is 0 Å². The maximum Gasteiger partial charge on any atom is 0.0500 e. The third kappa shape index (κ3) is 1.48. The fraction of sp³-hybridized carbons (Fsp3) is 0. The molecule has 0 fully saturated rings. The highest BCUT2D eigenvalue weighted by molar-refractivity contribution is 6.35. The third-order valence-corrected chi connectivity index (χ3v) is 2.91. The Hall–Kier alpha value is -1.80. The van der Waals surface area contributed by atoms with Crippen LogP contribution in [0.1, 0.15) is 0 Å². The van der Waals surface area contributed by atoms with Crippen LogP contribution < -0.4 is 0 Å². The van der Waals surface area contributed by atoms with E-state index < -0.39 is 0 Å². The summed E-state index contributed by atoms with van der Waals surface area (Å²) in [6.45, 7) is 0. The molecule has 0 spiro atoms. The number of fused-ring (bicyclic) bond motifs is 1. The van der Waals surface area contributed by atoms with Gasteiger partial charge in [-0.15, -0.1) is 0 Å². The Balaban J connectivity index is 2.23. The lowest BCUT2D eigenvalue weighted by molar-refractivity contribution is 1.31. The summed E-state index contributed by atoms with van der Waals surface area (Å²) in [7, 11) is 0. The summed E-state index contributed by atoms with van der Waals surface area (Å²) in [5.41, 5.74) is 3.15. The second-order valence-electron chi connectivity index (χ2n) is 3.63. The number of pyridine rings is 1. The highest BCUT2D eigenvalue weighted by Crippen LogP contribution is 2.28. The van der Waals surface area contributed by atoms with Gasteiger partial charge < -0.3 is 4.98 Å². The van der Waals surface area contributed by atoms with Crippen molar-refractivity contribution >= 4 is 22.5 Å². The number of halogens is 1. The molecule has 0 aliphatic rings. The first-order chi connectivity index (χ1) is 7.84. The molecule has 0 saturated carbocycles. The fourth-order valence-electron chi connectivity index (χ4n) is 1.80. The minimum absolute atomic E-state index is 0.767. The Kier molecular flexibility index (Phi) is 2.15. The van der Waals surface area contributed by atoms with E-state index in [0.717, 1.165) is 27.2 Å². The Morgan fingerprint density at radius 3 is 2.81 bits per heavy atom. The van der Waals surface area contributed by atoms with Crippen molar-refractivity contribution in [1.82, 2.24) is 9.97 Å². The van der Waals surface area contributed by atoms with Gasteiger partial charge in [-0.1, -0.05) is 17.7 Å². The number of hydrogen-bond donors (Lipinski definition) is 1. The Labute approximate surface area is 97.9 Å². The van der Waals surface area contributed by atoms with E-state index in [2.05, 4.69) is 16.0 Å². The topological polar surface area (TPSA) is 28.7 Å². The molecule has 1 aromatic carbocycles. The zero-order valence-corrected chi connectivity index (χ0v) is 9.20. The van der Waals surface area contributed by atoms with E-state index in [1.165, 1.54) is 0 Å². The molecule has 0 aliphatic carbocycles. The van der Waals surface area contributed by atoms with Crippen molar-refractivity contribution in [2.24, 2.45) is 0 Å². The molecule has 16 heavy (non-hydrogen) atoms. The quantitative estimate of drug-likeness (QED) is 0.673. The van der Waals surface area contributed by atoms with Crippen LogP contribution in [0, 0.1) is 0 Å². The van der Waals surface area contributed by atoms with E-state index in [1.54, 1.807) is 6.20 Å². The van der Waals surface area contributed by atoms with Gasteiger partial charge in [0.2, 0.25) is 0 Å². The number of nitrogens with one attached hydrogen (secondary N) is 1. The fourth-order valence-corrected chi connectivity index (χ4v) is 2.02. The predicted molar refractivity (Wildman–Crippen MR) is 66.5 cm³/mol. The Morgan fingerprint density at radius 2 is 2.06 bits per heavy atom. The molecule has 0 radical (unpaired) electrons. The van der Waals surface area contributed by atoms with E-state index in [-0.39, 0.29) is 0 Å². The number of nitrogens with zero attached hydrogens (tertiary/aromatic N) is 1. The molecule has 0 amide bonds. The van der Waals surface area contributed by atoms with E-state index >= 15 is 0 Å². The number of rotatable bonds is 1. The van der Waals surface area contributed by atoms with Crippen LogP contribution in [0.15, 0.2) is 48.8 Å². The first-order valence-corrected chi connectivity index (χ1v) is 5.40. The number of hydrogen-bond acceptors (Lipinski definition) is 1. The van der Waals surface area contributed by atoms with Crippen molar-refractivity contribution < 1.29 is 0 Å². The van der Waals surface area contributed by atoms with E-state index in [9.17, 15) is 0 Å². The number of H-pyrrole nitrogens is 1. The number of benzene rings is 1. The van der Waals surface area contributed by atoms with Crippen LogP contribution in [0.3, 0.4) is 0 Å². The van der Waals surface area contributed by atoms with Crippen LogP contribution in [0.25, 0.3) is 22.2 Å². The largest absolute Gasteiger partial charge is 0.354 e. The van der Waals surface area contributed by atoms with Crippen LogP contribution in [0.2, 0.25) is 5.02 Å². The molecule has 0 saturated heterocycles. The minimum atomic E-state index is 0.767. The molecule has 1 N–H and O–H groups in total. The number of aromatic nitrogens is 2. The molecule has 2 aromatic heterocycles. The highest BCUT2D eigenvalue weighted by atomic mass is 35.5. The molecule has 78 valence electrons. The maximum absolute atomic E-state index is 6.12. The molecular formula is C13H9ClN2. The first-order valence-electron chi connectivity index (χ1n) is 5.02. The lowest BCUT2D eigenvalue weighted by Gasteiger charge is -1.94. The predicted octanol–water partition coefficient (Wildman–Crippen LogP) is 3.88. The first kappa shape index (κ1) is 9.43. The van der Waals surface area contributed by atoms with Gasteiger partial charge in [-0.25, -0.2) is 0 Å². The van der Waals surface area contributed by atoms with Gasteiger partial charge in [0.25, 0.3) is 0 Å². The van der Waals surface area contributed by atoms with Crippen molar-refractivity contribution in [2.75, 3.05) is 0 Å². The van der Waals surface area contributed by atoms with E-state index in [0.29, 0.717) is 0 Å². The SMILES string of the molecule is Clc1cccc2[nH]c(-c3cccnc3)cc12. The summed E-state index contributed by atoms with van der Waals surface area (Å²) in [5, 5.41) is 1.81. The summed E-state index contributed by atoms with van der Waals surface area (Å²) < 4.78 is 0. The monoisotopic (exact) mass is 228 g/mol. The molecular weight excluding hydrogens is 220 g/mol. The van der Waals surface area contributed by atoms with Crippen molar-refractivity contribution in [2.45, 2.75) is 0 Å².